The van der Waals surface area contributed by atoms with E-state index >= 15 is 4.79 Å². The summed E-state index contributed by atoms with van der Waals surface area (Å²) in [7, 11) is 0. The van der Waals surface area contributed by atoms with Crippen LogP contribution in [0.15, 0.2) is 42.0 Å². The minimum atomic E-state index is -1.66. The lowest BCUT2D eigenvalue weighted by Gasteiger charge is -2.53. The molecule has 1 aromatic carbocycles. The quantitative estimate of drug-likeness (QED) is 0.255. The smallest absolute Gasteiger partial charge is 0.184 e. The van der Waals surface area contributed by atoms with E-state index in [1.54, 1.807) is 12.1 Å². The van der Waals surface area contributed by atoms with Crippen molar-refractivity contribution in [2.45, 2.75) is 86.7 Å². The number of hydrogen-bond acceptors (Lipinski definition) is 4. The molecule has 4 nitrogen and oxygen atoms in total. The van der Waals surface area contributed by atoms with E-state index in [1.807, 2.05) is 45.9 Å². The molecule has 0 amide bonds. The van der Waals surface area contributed by atoms with E-state index in [1.165, 1.54) is 0 Å². The molecule has 200 valence electrons. The first-order valence-corrected chi connectivity index (χ1v) is 14.1. The van der Waals surface area contributed by atoms with Crippen LogP contribution < -0.4 is 0 Å². The van der Waals surface area contributed by atoms with Gasteiger partial charge in [-0.25, -0.2) is 0 Å². The highest BCUT2D eigenvalue weighted by molar-refractivity contribution is 6.30. The van der Waals surface area contributed by atoms with Gasteiger partial charge in [-0.15, -0.1) is 0 Å². The lowest BCUT2D eigenvalue weighted by atomic mass is 9.46. The Labute approximate surface area is 222 Å². The number of Topliss-reactive ketones (excluding diaryl/α,β-unsaturated/α-hetero) is 3. The Kier molecular flexibility index (Phi) is 5.89. The molecule has 1 saturated heterocycles. The van der Waals surface area contributed by atoms with Crippen molar-refractivity contribution in [2.75, 3.05) is 6.61 Å². The van der Waals surface area contributed by atoms with Crippen molar-refractivity contribution in [1.82, 2.24) is 0 Å². The third-order valence-corrected chi connectivity index (χ3v) is 12.0. The fraction of sp³-hybridized carbons (Fsp3) is 0.667. The molecule has 3 saturated carbocycles. The third-order valence-electron chi connectivity index (χ3n) is 12.0. The van der Waals surface area contributed by atoms with Crippen LogP contribution in [0.1, 0.15) is 91.4 Å². The molecular formula is C33H44O4. The summed E-state index contributed by atoms with van der Waals surface area (Å²) in [6.45, 7) is 17.6. The van der Waals surface area contributed by atoms with Crippen LogP contribution in [-0.4, -0.2) is 29.6 Å². The minimum absolute atomic E-state index is 0.0928. The number of benzene rings is 1. The van der Waals surface area contributed by atoms with Gasteiger partial charge in [-0.2, -0.15) is 0 Å². The first kappa shape index (κ1) is 26.5. The maximum absolute atomic E-state index is 15.1. The Bertz CT molecular complexity index is 1170. The van der Waals surface area contributed by atoms with Crippen LogP contribution in [0, 0.1) is 45.3 Å². The van der Waals surface area contributed by atoms with Crippen LogP contribution in [0.25, 0.3) is 0 Å². The van der Waals surface area contributed by atoms with Crippen molar-refractivity contribution >= 4 is 17.3 Å². The lowest BCUT2D eigenvalue weighted by Crippen LogP contribution is -2.63. The van der Waals surface area contributed by atoms with Gasteiger partial charge >= 0.3 is 0 Å². The van der Waals surface area contributed by atoms with Crippen LogP contribution in [0.4, 0.5) is 0 Å². The van der Waals surface area contributed by atoms with E-state index in [0.29, 0.717) is 25.0 Å². The zero-order chi connectivity index (χ0) is 27.2. The molecule has 0 unspecified atom stereocenters. The van der Waals surface area contributed by atoms with Crippen molar-refractivity contribution in [3.63, 3.8) is 0 Å². The van der Waals surface area contributed by atoms with Crippen LogP contribution in [0.3, 0.4) is 0 Å². The number of fused-ring (bicyclic) bond motifs is 5. The number of ether oxygens (including phenoxy) is 1. The average molecular weight is 505 g/mol. The Balaban J connectivity index is 1.73. The molecule has 1 aromatic rings. The summed E-state index contributed by atoms with van der Waals surface area (Å²) in [4.78, 5) is 44.4. The summed E-state index contributed by atoms with van der Waals surface area (Å²) in [5.74, 6) is -0.998. The maximum atomic E-state index is 15.1. The first-order chi connectivity index (χ1) is 17.1. The highest BCUT2D eigenvalue weighted by Crippen LogP contribution is 2.73. The topological polar surface area (TPSA) is 60.4 Å². The van der Waals surface area contributed by atoms with Gasteiger partial charge in [0.25, 0.3) is 0 Å². The van der Waals surface area contributed by atoms with Crippen LogP contribution in [-0.2, 0) is 14.3 Å². The highest BCUT2D eigenvalue weighted by atomic mass is 16.5. The molecule has 4 heteroatoms. The molecule has 0 spiro atoms. The number of allylic oxidation sites excluding steroid dienone is 2. The van der Waals surface area contributed by atoms with Gasteiger partial charge in [-0.3, -0.25) is 14.4 Å². The summed E-state index contributed by atoms with van der Waals surface area (Å²) in [6, 6.07) is 9.07. The third kappa shape index (κ3) is 3.20. The minimum Gasteiger partial charge on any atom is -0.374 e. The normalized spacial score (nSPS) is 41.5. The van der Waals surface area contributed by atoms with Crippen molar-refractivity contribution in [3.8, 4) is 0 Å². The Hall–Kier alpha value is -2.07. The molecule has 3 aliphatic carbocycles. The van der Waals surface area contributed by atoms with Gasteiger partial charge < -0.3 is 4.74 Å². The molecule has 1 heterocycles. The van der Waals surface area contributed by atoms with Crippen molar-refractivity contribution in [3.05, 3.63) is 47.5 Å². The molecule has 0 aromatic heterocycles. The van der Waals surface area contributed by atoms with E-state index < -0.39 is 10.8 Å². The Morgan fingerprint density at radius 1 is 0.973 bits per heavy atom. The summed E-state index contributed by atoms with van der Waals surface area (Å²) in [5, 5.41) is 0. The molecule has 0 radical (unpaired) electrons. The number of rotatable bonds is 4. The van der Waals surface area contributed by atoms with E-state index in [9.17, 15) is 9.59 Å². The number of ketones is 3. The molecule has 7 atom stereocenters. The molecular weight excluding hydrogens is 460 g/mol. The monoisotopic (exact) mass is 504 g/mol. The van der Waals surface area contributed by atoms with Crippen LogP contribution in [0.2, 0.25) is 0 Å². The number of carbonyl (C=O) groups is 3. The molecule has 0 N–H and O–H groups in total. The predicted octanol–water partition coefficient (Wildman–Crippen LogP) is 6.87. The lowest BCUT2D eigenvalue weighted by molar-refractivity contribution is -0.156. The highest BCUT2D eigenvalue weighted by Gasteiger charge is 2.77. The predicted molar refractivity (Wildman–Crippen MR) is 145 cm³/mol. The molecule has 1 aliphatic heterocycles. The van der Waals surface area contributed by atoms with Gasteiger partial charge in [0.1, 0.15) is 0 Å². The fourth-order valence-corrected chi connectivity index (χ4v) is 9.05. The standard InChI is InChI=1S/C33H44O4/c1-20(2)14-15-22-16-23-17-25-24(18-32(8)30(5,6)37-19-31(25,32)7)28(36)33(27(22)35,29(23,3)4)26(34)21-12-10-9-11-13-21/h9-14,22-25H,15-19H2,1-8H3/t22-,23+,24+,25+,31+,32+,33-/m0/s1. The van der Waals surface area contributed by atoms with Crippen molar-refractivity contribution < 1.29 is 19.1 Å². The Morgan fingerprint density at radius 2 is 1.62 bits per heavy atom. The van der Waals surface area contributed by atoms with Gasteiger partial charge in [-0.1, -0.05) is 69.7 Å². The molecule has 4 fully saturated rings. The largest absolute Gasteiger partial charge is 0.374 e. The average Bonchev–Trinajstić information content (AvgIpc) is 3.16. The van der Waals surface area contributed by atoms with Gasteiger partial charge in [-0.05, 0) is 70.6 Å². The van der Waals surface area contributed by atoms with Gasteiger partial charge in [0.2, 0.25) is 0 Å². The second-order valence-electron chi connectivity index (χ2n) is 14.2. The second kappa shape index (κ2) is 8.21. The summed E-state index contributed by atoms with van der Waals surface area (Å²) in [6.07, 6.45) is 4.94. The van der Waals surface area contributed by atoms with Crippen molar-refractivity contribution in [2.24, 2.45) is 45.3 Å². The molecule has 5 rings (SSSR count). The summed E-state index contributed by atoms with van der Waals surface area (Å²) in [5.41, 5.74) is -1.56. The van der Waals surface area contributed by atoms with Gasteiger partial charge in [0.15, 0.2) is 22.8 Å². The molecule has 2 bridgehead atoms. The van der Waals surface area contributed by atoms with E-state index in [2.05, 4.69) is 33.8 Å². The van der Waals surface area contributed by atoms with E-state index in [0.717, 1.165) is 18.4 Å². The molecule has 37 heavy (non-hydrogen) atoms. The maximum Gasteiger partial charge on any atom is 0.184 e. The second-order valence-corrected chi connectivity index (χ2v) is 14.2. The summed E-state index contributed by atoms with van der Waals surface area (Å²) >= 11 is 0. The number of carbonyl (C=O) groups excluding carboxylic acids is 3. The first-order valence-electron chi connectivity index (χ1n) is 14.1. The Morgan fingerprint density at radius 3 is 2.24 bits per heavy atom. The van der Waals surface area contributed by atoms with E-state index in [-0.39, 0.29) is 57.5 Å². The number of hydrogen-bond donors (Lipinski definition) is 0. The van der Waals surface area contributed by atoms with Gasteiger partial charge in [0, 0.05) is 28.2 Å². The zero-order valence-electron chi connectivity index (χ0n) is 23.9. The zero-order valence-corrected chi connectivity index (χ0v) is 23.9. The van der Waals surface area contributed by atoms with Crippen LogP contribution >= 0.6 is 0 Å². The molecule has 4 aliphatic rings. The fourth-order valence-electron chi connectivity index (χ4n) is 9.05. The van der Waals surface area contributed by atoms with E-state index in [4.69, 9.17) is 4.74 Å². The van der Waals surface area contributed by atoms with Crippen molar-refractivity contribution in [1.29, 1.82) is 0 Å². The summed E-state index contributed by atoms with van der Waals surface area (Å²) < 4.78 is 6.40. The van der Waals surface area contributed by atoms with Crippen LogP contribution in [0.5, 0.6) is 0 Å². The SMILES string of the molecule is CC(C)=CC[C@H]1C[C@@H]2C[C@@H]3[C@@H](C[C@]4(C)C(C)(C)OC[C@]34C)C(=O)[C@](C(=O)c3ccccc3)(C1=O)C2(C)C. The van der Waals surface area contributed by atoms with Gasteiger partial charge in [0.05, 0.1) is 12.2 Å².